The predicted molar refractivity (Wildman–Crippen MR) is 58.1 cm³/mol. The Morgan fingerprint density at radius 1 is 1.42 bits per heavy atom. The fourth-order valence-corrected chi connectivity index (χ4v) is 2.41. The van der Waals surface area contributed by atoms with Crippen LogP contribution in [0.2, 0.25) is 0 Å². The number of aryl methyl sites for hydroxylation is 1. The lowest BCUT2D eigenvalue weighted by Crippen LogP contribution is -1.90. The van der Waals surface area contributed by atoms with Crippen molar-refractivity contribution in [1.82, 2.24) is 14.4 Å². The topological polar surface area (TPSA) is 30.2 Å². The van der Waals surface area contributed by atoms with Crippen LogP contribution in [0.1, 0.15) is 5.69 Å². The molecule has 0 aliphatic heterocycles. The zero-order valence-electron chi connectivity index (χ0n) is 6.25. The molecule has 2 rings (SSSR count). The molecule has 62 valence electrons. The Balaban J connectivity index is 2.88. The summed E-state index contributed by atoms with van der Waals surface area (Å²) in [7, 11) is 0. The van der Waals surface area contributed by atoms with E-state index < -0.39 is 0 Å². The third-order valence-electron chi connectivity index (χ3n) is 1.49. The molecule has 0 saturated heterocycles. The maximum atomic E-state index is 4.30. The van der Waals surface area contributed by atoms with Crippen molar-refractivity contribution >= 4 is 44.2 Å². The highest BCUT2D eigenvalue weighted by Gasteiger charge is 2.04. The van der Waals surface area contributed by atoms with E-state index in [1.165, 1.54) is 0 Å². The van der Waals surface area contributed by atoms with Gasteiger partial charge in [-0.3, -0.25) is 0 Å². The zero-order chi connectivity index (χ0) is 8.72. The van der Waals surface area contributed by atoms with Crippen LogP contribution in [0.25, 0.3) is 5.65 Å². The van der Waals surface area contributed by atoms with Crippen LogP contribution in [-0.2, 0) is 0 Å². The first-order valence-corrected chi connectivity index (χ1v) is 5.21. The molecule has 0 aromatic carbocycles. The van der Waals surface area contributed by atoms with Gasteiger partial charge in [-0.15, -0.1) is 0 Å². The Labute approximate surface area is 91.5 Å². The molecule has 0 N–H and O–H groups in total. The Hall–Kier alpha value is -0.170. The molecule has 0 fully saturated rings. The van der Waals surface area contributed by atoms with Crippen LogP contribution in [0.3, 0.4) is 0 Å². The number of nitrogens with zero attached hydrogens (tertiary/aromatic N) is 3. The molecule has 2 aromatic heterocycles. The monoisotopic (exact) mass is 337 g/mol. The maximum Gasteiger partial charge on any atom is 0.170 e. The van der Waals surface area contributed by atoms with Gasteiger partial charge in [0.05, 0.1) is 5.69 Å². The minimum Gasteiger partial charge on any atom is -0.302 e. The van der Waals surface area contributed by atoms with E-state index in [2.05, 4.69) is 48.5 Å². The summed E-state index contributed by atoms with van der Waals surface area (Å²) in [6, 6.07) is 0. The summed E-state index contributed by atoms with van der Waals surface area (Å²) < 4.78 is 3.71. The van der Waals surface area contributed by atoms with Gasteiger partial charge in [0.25, 0.3) is 0 Å². The van der Waals surface area contributed by atoms with Gasteiger partial charge in [0.1, 0.15) is 3.70 Å². The second-order valence-corrected chi connectivity index (χ2v) is 4.32. The van der Waals surface area contributed by atoms with Crippen molar-refractivity contribution in [1.29, 1.82) is 0 Å². The lowest BCUT2D eigenvalue weighted by atomic mass is 10.6. The van der Waals surface area contributed by atoms with Gasteiger partial charge in [-0.25, -0.2) is 9.97 Å². The van der Waals surface area contributed by atoms with E-state index in [-0.39, 0.29) is 0 Å². The van der Waals surface area contributed by atoms with Gasteiger partial charge in [0.2, 0.25) is 0 Å². The number of imidazole rings is 1. The number of fused-ring (bicyclic) bond motifs is 1. The first-order valence-electron chi connectivity index (χ1n) is 3.34. The summed E-state index contributed by atoms with van der Waals surface area (Å²) in [6.45, 7) is 1.96. The molecule has 0 saturated carbocycles. The second kappa shape index (κ2) is 2.95. The SMILES string of the molecule is Cc1cn2cc(I)nc(Br)c2n1. The highest BCUT2D eigenvalue weighted by atomic mass is 127. The molecule has 0 aliphatic rings. The number of halogens is 2. The molecule has 3 nitrogen and oxygen atoms in total. The average molecular weight is 338 g/mol. The number of rotatable bonds is 0. The largest absolute Gasteiger partial charge is 0.302 e. The van der Waals surface area contributed by atoms with Crippen LogP contribution in [0.15, 0.2) is 17.0 Å². The van der Waals surface area contributed by atoms with Gasteiger partial charge < -0.3 is 4.40 Å². The van der Waals surface area contributed by atoms with E-state index in [1.807, 2.05) is 23.7 Å². The van der Waals surface area contributed by atoms with Gasteiger partial charge in [-0.05, 0) is 45.4 Å². The van der Waals surface area contributed by atoms with Crippen LogP contribution in [0, 0.1) is 10.6 Å². The molecule has 2 aromatic rings. The highest BCUT2D eigenvalue weighted by Crippen LogP contribution is 2.16. The smallest absolute Gasteiger partial charge is 0.170 e. The summed E-state index contributed by atoms with van der Waals surface area (Å²) in [5.41, 5.74) is 1.87. The van der Waals surface area contributed by atoms with Gasteiger partial charge >= 0.3 is 0 Å². The fourth-order valence-electron chi connectivity index (χ4n) is 1.05. The normalized spacial score (nSPS) is 10.9. The van der Waals surface area contributed by atoms with Crippen LogP contribution < -0.4 is 0 Å². The lowest BCUT2D eigenvalue weighted by molar-refractivity contribution is 1.08. The zero-order valence-corrected chi connectivity index (χ0v) is 10.00. The lowest BCUT2D eigenvalue weighted by Gasteiger charge is -1.95. The Morgan fingerprint density at radius 2 is 2.17 bits per heavy atom. The minimum atomic E-state index is 0.794. The van der Waals surface area contributed by atoms with Gasteiger partial charge in [-0.1, -0.05) is 0 Å². The van der Waals surface area contributed by atoms with E-state index in [9.17, 15) is 0 Å². The molecular formula is C7H5BrIN3. The summed E-state index contributed by atoms with van der Waals surface area (Å²) >= 11 is 5.53. The fraction of sp³-hybridized carbons (Fsp3) is 0.143. The van der Waals surface area contributed by atoms with Crippen molar-refractivity contribution in [3.05, 3.63) is 26.4 Å². The number of hydrogen-bond donors (Lipinski definition) is 0. The van der Waals surface area contributed by atoms with Crippen molar-refractivity contribution < 1.29 is 0 Å². The van der Waals surface area contributed by atoms with E-state index in [4.69, 9.17) is 0 Å². The number of hydrogen-bond acceptors (Lipinski definition) is 2. The second-order valence-electron chi connectivity index (χ2n) is 2.47. The van der Waals surface area contributed by atoms with E-state index >= 15 is 0 Å². The minimum absolute atomic E-state index is 0.794. The molecule has 5 heteroatoms. The first-order chi connectivity index (χ1) is 5.66. The average Bonchev–Trinajstić information content (AvgIpc) is 2.29. The van der Waals surface area contributed by atoms with Crippen molar-refractivity contribution in [3.8, 4) is 0 Å². The molecule has 0 bridgehead atoms. The standard InChI is InChI=1S/C7H5BrIN3/c1-4-2-12-3-5(9)11-6(8)7(12)10-4/h2-3H,1H3. The molecule has 2 heterocycles. The number of aromatic nitrogens is 3. The summed E-state index contributed by atoms with van der Waals surface area (Å²) in [4.78, 5) is 8.54. The van der Waals surface area contributed by atoms with Crippen molar-refractivity contribution in [2.75, 3.05) is 0 Å². The summed E-state index contributed by atoms with van der Waals surface area (Å²) in [5.74, 6) is 0. The maximum absolute atomic E-state index is 4.30. The van der Waals surface area contributed by atoms with Crippen molar-refractivity contribution in [2.45, 2.75) is 6.92 Å². The van der Waals surface area contributed by atoms with E-state index in [0.29, 0.717) is 0 Å². The molecule has 0 atom stereocenters. The third-order valence-corrected chi connectivity index (χ3v) is 2.54. The molecule has 0 radical (unpaired) electrons. The van der Waals surface area contributed by atoms with Crippen LogP contribution >= 0.6 is 38.5 Å². The van der Waals surface area contributed by atoms with Crippen molar-refractivity contribution in [3.63, 3.8) is 0 Å². The predicted octanol–water partition coefficient (Wildman–Crippen LogP) is 2.40. The van der Waals surface area contributed by atoms with Crippen LogP contribution in [0.5, 0.6) is 0 Å². The third kappa shape index (κ3) is 1.35. The van der Waals surface area contributed by atoms with Crippen LogP contribution in [0.4, 0.5) is 0 Å². The molecule has 12 heavy (non-hydrogen) atoms. The molecule has 0 spiro atoms. The van der Waals surface area contributed by atoms with E-state index in [0.717, 1.165) is 19.6 Å². The molecule has 0 unspecified atom stereocenters. The quantitative estimate of drug-likeness (QED) is 0.691. The van der Waals surface area contributed by atoms with Gasteiger partial charge in [-0.2, -0.15) is 0 Å². The van der Waals surface area contributed by atoms with Gasteiger partial charge in [0, 0.05) is 12.4 Å². The molecular weight excluding hydrogens is 333 g/mol. The highest BCUT2D eigenvalue weighted by molar-refractivity contribution is 14.1. The Morgan fingerprint density at radius 3 is 2.92 bits per heavy atom. The van der Waals surface area contributed by atoms with Crippen molar-refractivity contribution in [2.24, 2.45) is 0 Å². The first kappa shape index (κ1) is 8.43. The summed E-state index contributed by atoms with van der Waals surface area (Å²) in [6.07, 6.45) is 3.92. The van der Waals surface area contributed by atoms with E-state index in [1.54, 1.807) is 0 Å². The Bertz CT molecular complexity index is 437. The summed E-state index contributed by atoms with van der Waals surface area (Å²) in [5, 5.41) is 0. The van der Waals surface area contributed by atoms with Gasteiger partial charge in [0.15, 0.2) is 10.3 Å². The molecule has 0 amide bonds. The molecule has 0 aliphatic carbocycles. The Kier molecular flexibility index (Phi) is 2.07. The van der Waals surface area contributed by atoms with Crippen LogP contribution in [-0.4, -0.2) is 14.4 Å².